The molecule has 0 radical (unpaired) electrons. The van der Waals surface area contributed by atoms with Gasteiger partial charge in [0.05, 0.1) is 12.8 Å². The van der Waals surface area contributed by atoms with Crippen molar-refractivity contribution in [3.63, 3.8) is 0 Å². The van der Waals surface area contributed by atoms with Crippen LogP contribution in [-0.4, -0.2) is 29.5 Å². The molecular formula is C23H25F3N4O2. The van der Waals surface area contributed by atoms with E-state index in [1.54, 1.807) is 19.2 Å². The number of ether oxygens (including phenoxy) is 2. The van der Waals surface area contributed by atoms with Gasteiger partial charge in [-0.25, -0.2) is 4.98 Å². The van der Waals surface area contributed by atoms with E-state index in [0.717, 1.165) is 17.7 Å². The summed E-state index contributed by atoms with van der Waals surface area (Å²) in [7, 11) is 1.60. The van der Waals surface area contributed by atoms with Crippen molar-refractivity contribution in [3.8, 4) is 22.8 Å². The Morgan fingerprint density at radius 2 is 1.75 bits per heavy atom. The number of anilines is 2. The summed E-state index contributed by atoms with van der Waals surface area (Å²) < 4.78 is 47.2. The highest BCUT2D eigenvalue weighted by molar-refractivity contribution is 5.66. The molecule has 0 amide bonds. The first-order valence-electron chi connectivity index (χ1n) is 10.1. The fourth-order valence-corrected chi connectivity index (χ4v) is 2.90. The lowest BCUT2D eigenvalue weighted by atomic mass is 10.1. The van der Waals surface area contributed by atoms with Crippen molar-refractivity contribution >= 4 is 11.8 Å². The third-order valence-corrected chi connectivity index (χ3v) is 4.69. The van der Waals surface area contributed by atoms with Crippen LogP contribution in [0, 0.1) is 0 Å². The van der Waals surface area contributed by atoms with Crippen LogP contribution in [0.1, 0.15) is 25.8 Å². The molecule has 0 aliphatic carbocycles. The van der Waals surface area contributed by atoms with Gasteiger partial charge in [0.2, 0.25) is 5.95 Å². The van der Waals surface area contributed by atoms with Crippen LogP contribution in [-0.2, 0) is 6.54 Å². The van der Waals surface area contributed by atoms with Gasteiger partial charge in [-0.2, -0.15) is 4.98 Å². The van der Waals surface area contributed by atoms with Gasteiger partial charge in [0.25, 0.3) is 0 Å². The lowest BCUT2D eigenvalue weighted by Gasteiger charge is -2.15. The molecule has 0 saturated carbocycles. The zero-order chi connectivity index (χ0) is 23.1. The summed E-state index contributed by atoms with van der Waals surface area (Å²) in [5.41, 5.74) is 1.93. The fraction of sp³-hybridized carbons (Fsp3) is 0.304. The van der Waals surface area contributed by atoms with Gasteiger partial charge < -0.3 is 20.1 Å². The number of hydrogen-bond acceptors (Lipinski definition) is 6. The van der Waals surface area contributed by atoms with Gasteiger partial charge in [-0.05, 0) is 43.2 Å². The lowest BCUT2D eigenvalue weighted by Crippen LogP contribution is -2.17. The number of alkyl halides is 3. The maximum Gasteiger partial charge on any atom is 0.573 e. The molecule has 0 bridgehead atoms. The average Bonchev–Trinajstić information content (AvgIpc) is 2.76. The van der Waals surface area contributed by atoms with Crippen molar-refractivity contribution in [2.24, 2.45) is 0 Å². The minimum Gasteiger partial charge on any atom is -0.497 e. The fourth-order valence-electron chi connectivity index (χ4n) is 2.90. The van der Waals surface area contributed by atoms with Crippen molar-refractivity contribution in [2.75, 3.05) is 17.7 Å². The van der Waals surface area contributed by atoms with Crippen molar-refractivity contribution in [1.29, 1.82) is 0 Å². The second-order valence-corrected chi connectivity index (χ2v) is 7.20. The minimum atomic E-state index is -4.77. The van der Waals surface area contributed by atoms with Crippen LogP contribution in [0.3, 0.4) is 0 Å². The molecular weight excluding hydrogens is 421 g/mol. The molecule has 9 heteroatoms. The highest BCUT2D eigenvalue weighted by Crippen LogP contribution is 2.29. The number of halogens is 3. The zero-order valence-electron chi connectivity index (χ0n) is 18.0. The second kappa shape index (κ2) is 10.2. The van der Waals surface area contributed by atoms with Crippen LogP contribution < -0.4 is 20.1 Å². The van der Waals surface area contributed by atoms with Crippen molar-refractivity contribution in [1.82, 2.24) is 9.97 Å². The van der Waals surface area contributed by atoms with Gasteiger partial charge in [0.1, 0.15) is 17.3 Å². The Morgan fingerprint density at radius 3 is 2.47 bits per heavy atom. The molecule has 0 fully saturated rings. The zero-order valence-corrected chi connectivity index (χ0v) is 18.0. The Morgan fingerprint density at radius 1 is 1.00 bits per heavy atom. The summed E-state index contributed by atoms with van der Waals surface area (Å²) in [5.74, 6) is 1.35. The number of nitrogens with zero attached hydrogens (tertiary/aromatic N) is 2. The molecule has 170 valence electrons. The molecule has 2 aromatic carbocycles. The summed E-state index contributed by atoms with van der Waals surface area (Å²) >= 11 is 0. The van der Waals surface area contributed by atoms with Crippen LogP contribution in [0.2, 0.25) is 0 Å². The van der Waals surface area contributed by atoms with E-state index in [9.17, 15) is 13.2 Å². The molecule has 0 unspecified atom stereocenters. The van der Waals surface area contributed by atoms with Crippen LogP contribution in [0.25, 0.3) is 11.3 Å². The molecule has 0 aliphatic heterocycles. The SMILES string of the molecule is CC[C@H](C)Nc1nc(NCc2cccc(OC)c2)cc(-c2cccc(OC(F)(F)F)c2)n1. The lowest BCUT2D eigenvalue weighted by molar-refractivity contribution is -0.274. The maximum atomic E-state index is 12.6. The summed E-state index contributed by atoms with van der Waals surface area (Å²) in [4.78, 5) is 9.00. The van der Waals surface area contributed by atoms with E-state index in [1.165, 1.54) is 18.2 Å². The largest absolute Gasteiger partial charge is 0.573 e. The van der Waals surface area contributed by atoms with E-state index in [0.29, 0.717) is 29.6 Å². The van der Waals surface area contributed by atoms with Gasteiger partial charge in [-0.15, -0.1) is 13.2 Å². The highest BCUT2D eigenvalue weighted by Gasteiger charge is 2.31. The molecule has 32 heavy (non-hydrogen) atoms. The van der Waals surface area contributed by atoms with Crippen LogP contribution in [0.4, 0.5) is 24.9 Å². The predicted octanol–water partition coefficient (Wildman–Crippen LogP) is 5.87. The predicted molar refractivity (Wildman–Crippen MR) is 118 cm³/mol. The molecule has 6 nitrogen and oxygen atoms in total. The number of methoxy groups -OCH3 is 1. The molecule has 0 spiro atoms. The summed E-state index contributed by atoms with van der Waals surface area (Å²) in [5, 5.41) is 6.47. The van der Waals surface area contributed by atoms with Crippen LogP contribution in [0.15, 0.2) is 54.6 Å². The van der Waals surface area contributed by atoms with Gasteiger partial charge in [-0.3, -0.25) is 0 Å². The van der Waals surface area contributed by atoms with E-state index in [2.05, 4.69) is 25.3 Å². The van der Waals surface area contributed by atoms with Gasteiger partial charge in [0.15, 0.2) is 0 Å². The Labute approximate surface area is 184 Å². The van der Waals surface area contributed by atoms with E-state index in [1.807, 2.05) is 38.1 Å². The van der Waals surface area contributed by atoms with Gasteiger partial charge in [-0.1, -0.05) is 31.2 Å². The summed E-state index contributed by atoms with van der Waals surface area (Å²) in [6.45, 7) is 4.51. The van der Waals surface area contributed by atoms with E-state index in [-0.39, 0.29) is 11.8 Å². The molecule has 1 atom stereocenters. The third kappa shape index (κ3) is 6.76. The Hall–Kier alpha value is -3.49. The number of benzene rings is 2. The first-order chi connectivity index (χ1) is 15.3. The molecule has 3 aromatic rings. The minimum absolute atomic E-state index is 0.122. The standard InChI is InChI=1S/C23H25F3N4O2/c1-4-15(2)28-22-29-20(17-8-6-10-19(12-17)32-23(24,25)26)13-21(30-22)27-14-16-7-5-9-18(11-16)31-3/h5-13,15H,4,14H2,1-3H3,(H2,27,28,29,30)/t15-/m0/s1. The Bertz CT molecular complexity index is 1040. The monoisotopic (exact) mass is 446 g/mol. The third-order valence-electron chi connectivity index (χ3n) is 4.69. The Kier molecular flexibility index (Phi) is 7.40. The van der Waals surface area contributed by atoms with Crippen LogP contribution in [0.5, 0.6) is 11.5 Å². The second-order valence-electron chi connectivity index (χ2n) is 7.20. The number of rotatable bonds is 9. The first-order valence-corrected chi connectivity index (χ1v) is 10.1. The molecule has 3 rings (SSSR count). The van der Waals surface area contributed by atoms with E-state index >= 15 is 0 Å². The number of nitrogens with one attached hydrogen (secondary N) is 2. The first kappa shape index (κ1) is 23.2. The Balaban J connectivity index is 1.90. The molecule has 2 N–H and O–H groups in total. The quantitative estimate of drug-likeness (QED) is 0.428. The van der Waals surface area contributed by atoms with Crippen LogP contribution >= 0.6 is 0 Å². The normalized spacial score (nSPS) is 12.2. The smallest absolute Gasteiger partial charge is 0.497 e. The number of aromatic nitrogens is 2. The van der Waals surface area contributed by atoms with E-state index in [4.69, 9.17) is 4.74 Å². The highest BCUT2D eigenvalue weighted by atomic mass is 19.4. The number of hydrogen-bond donors (Lipinski definition) is 2. The summed E-state index contributed by atoms with van der Waals surface area (Å²) in [6.07, 6.45) is -3.91. The average molecular weight is 446 g/mol. The maximum absolute atomic E-state index is 12.6. The van der Waals surface area contributed by atoms with E-state index < -0.39 is 6.36 Å². The topological polar surface area (TPSA) is 68.3 Å². The van der Waals surface area contributed by atoms with Crippen molar-refractivity contribution in [2.45, 2.75) is 39.2 Å². The van der Waals surface area contributed by atoms with Crippen molar-refractivity contribution in [3.05, 3.63) is 60.2 Å². The molecule has 0 saturated heterocycles. The molecule has 0 aliphatic rings. The summed E-state index contributed by atoms with van der Waals surface area (Å²) in [6, 6.07) is 15.1. The molecule has 1 heterocycles. The van der Waals surface area contributed by atoms with Gasteiger partial charge in [0, 0.05) is 24.2 Å². The van der Waals surface area contributed by atoms with Crippen molar-refractivity contribution < 1.29 is 22.6 Å². The van der Waals surface area contributed by atoms with Gasteiger partial charge >= 0.3 is 6.36 Å². The molecule has 1 aromatic heterocycles.